The molecule has 5 rings (SSSR count). The molecule has 1 aromatic rings. The number of hydrogen-bond acceptors (Lipinski definition) is 14. The number of aliphatic hydroxyl groups is 1. The van der Waals surface area contributed by atoms with Gasteiger partial charge in [-0.25, -0.2) is 14.4 Å². The quantitative estimate of drug-likeness (QED) is 0.0634. The fraction of sp³-hybridized carbons (Fsp3) is 0.638. The van der Waals surface area contributed by atoms with Crippen molar-refractivity contribution in [3.63, 3.8) is 0 Å². The maximum absolute atomic E-state index is 14.3. The number of hydroxylamine groups is 2. The van der Waals surface area contributed by atoms with E-state index in [1.54, 1.807) is 42.5 Å². The lowest BCUT2D eigenvalue weighted by molar-refractivity contribution is -0.197. The Balaban J connectivity index is 1.27. The number of ether oxygens (including phenoxy) is 3. The molecule has 364 valence electrons. The normalized spacial score (nSPS) is 29.2. The van der Waals surface area contributed by atoms with Crippen molar-refractivity contribution in [1.29, 1.82) is 0 Å². The Labute approximate surface area is 400 Å². The summed E-state index contributed by atoms with van der Waals surface area (Å²) in [5.74, 6) is -3.31. The predicted molar refractivity (Wildman–Crippen MR) is 252 cm³/mol. The van der Waals surface area contributed by atoms with Crippen LogP contribution in [-0.2, 0) is 54.2 Å². The monoisotopic (exact) mass is 976 g/mol. The fourth-order valence-corrected chi connectivity index (χ4v) is 11.6. The average molecular weight is 978 g/mol. The van der Waals surface area contributed by atoms with Crippen LogP contribution in [0.3, 0.4) is 0 Å². The number of nitrogens with one attached hydrogen (secondary N) is 1. The third-order valence-corrected chi connectivity index (χ3v) is 16.8. The Morgan fingerprint density at radius 1 is 1.06 bits per heavy atom. The number of allylic oxidation sites excluding steroid dienone is 3. The number of carbonyl (C=O) groups excluding carboxylic acids is 7. The molecule has 16 nitrogen and oxygen atoms in total. The highest BCUT2D eigenvalue weighted by Crippen LogP contribution is 2.49. The van der Waals surface area contributed by atoms with Gasteiger partial charge in [-0.15, -0.1) is 5.06 Å². The van der Waals surface area contributed by atoms with Crippen molar-refractivity contribution in [2.45, 2.75) is 154 Å². The molecule has 4 aliphatic rings. The third-order valence-electron chi connectivity index (χ3n) is 13.0. The smallest absolute Gasteiger partial charge is 0.409 e. The van der Waals surface area contributed by atoms with Gasteiger partial charge in [0.1, 0.15) is 29.6 Å². The van der Waals surface area contributed by atoms with E-state index in [1.165, 1.54) is 16.8 Å². The Bertz CT molecular complexity index is 2090. The molecular formula is C47H65ClN4O12S2. The number of esters is 1. The number of rotatable bonds is 14. The molecule has 4 bridgehead atoms. The van der Waals surface area contributed by atoms with Crippen LogP contribution in [0.25, 0.3) is 0 Å². The van der Waals surface area contributed by atoms with Gasteiger partial charge in [0.2, 0.25) is 11.8 Å². The number of carbonyl (C=O) groups is 7. The molecule has 0 aromatic heterocycles. The highest BCUT2D eigenvalue weighted by Gasteiger charge is 2.64. The van der Waals surface area contributed by atoms with Gasteiger partial charge in [-0.05, 0) is 70.1 Å². The molecule has 2 unspecified atom stereocenters. The molecular weight excluding hydrogens is 912 g/mol. The summed E-state index contributed by atoms with van der Waals surface area (Å²) in [6, 6.07) is 2.79. The highest BCUT2D eigenvalue weighted by molar-refractivity contribution is 8.76. The van der Waals surface area contributed by atoms with Gasteiger partial charge in [-0.3, -0.25) is 24.5 Å². The molecule has 66 heavy (non-hydrogen) atoms. The van der Waals surface area contributed by atoms with E-state index < -0.39 is 83.3 Å². The van der Waals surface area contributed by atoms with Crippen molar-refractivity contribution in [1.82, 2.24) is 15.3 Å². The molecule has 1 aromatic carbocycles. The van der Waals surface area contributed by atoms with Crippen LogP contribution in [-0.4, -0.2) is 118 Å². The minimum Gasteiger partial charge on any atom is -0.457 e. The summed E-state index contributed by atoms with van der Waals surface area (Å²) in [7, 11) is 6.31. The number of aryl methyl sites for hydroxylation is 1. The van der Waals surface area contributed by atoms with Crippen molar-refractivity contribution in [2.24, 2.45) is 17.8 Å². The summed E-state index contributed by atoms with van der Waals surface area (Å²) >= 11 is 6.82. The average Bonchev–Trinajstić information content (AvgIpc) is 3.86. The maximum Gasteiger partial charge on any atom is 0.409 e. The predicted octanol–water partition coefficient (Wildman–Crippen LogP) is 7.01. The molecule has 0 radical (unpaired) electrons. The van der Waals surface area contributed by atoms with Crippen LogP contribution in [0.1, 0.15) is 111 Å². The molecule has 0 spiro atoms. The number of likely N-dealkylation sites (N-methyl/N-ethyl adjacent to an activating group) is 1. The zero-order valence-corrected chi connectivity index (χ0v) is 41.9. The number of imide groups is 1. The molecule has 3 fully saturated rings. The Kier molecular flexibility index (Phi) is 17.9. The van der Waals surface area contributed by atoms with Crippen LogP contribution in [0.5, 0.6) is 0 Å². The van der Waals surface area contributed by atoms with Gasteiger partial charge in [0.05, 0.1) is 23.2 Å². The first-order valence-electron chi connectivity index (χ1n) is 22.5. The highest BCUT2D eigenvalue weighted by atomic mass is 35.5. The van der Waals surface area contributed by atoms with E-state index in [4.69, 9.17) is 30.6 Å². The lowest BCUT2D eigenvalue weighted by Gasteiger charge is -2.41. The molecule has 0 saturated carbocycles. The number of fused-ring (bicyclic) bond motifs is 5. The van der Waals surface area contributed by atoms with Gasteiger partial charge in [0.25, 0.3) is 11.8 Å². The number of epoxide rings is 1. The summed E-state index contributed by atoms with van der Waals surface area (Å²) < 4.78 is 18.2. The van der Waals surface area contributed by atoms with Crippen LogP contribution in [0.2, 0.25) is 5.02 Å². The van der Waals surface area contributed by atoms with E-state index >= 15 is 0 Å². The molecule has 4 aliphatic heterocycles. The SMILES string of the molecule is C/C1=C\C=C\[C@@H](C)[C@@]2(O)CC(OC(=O)N2)[C@@H](C)[C@@H]2O[C@@]2(C)[C@@H](OC(=O)[C@H](C)N(C)C(=O)CCC(SSCCCC(=O)ON2C(=O)CCC2=O)C(C)C)CC(=O)N(C)c2cc(cc(C)c2Cl)C1. The number of alkyl carbamates (subject to hydrolysis) is 1. The summed E-state index contributed by atoms with van der Waals surface area (Å²) in [5, 5.41) is 15.4. The van der Waals surface area contributed by atoms with Crippen LogP contribution in [0, 0.1) is 24.7 Å². The summed E-state index contributed by atoms with van der Waals surface area (Å²) in [6.07, 6.45) is 3.77. The van der Waals surface area contributed by atoms with E-state index in [0.717, 1.165) is 16.7 Å². The second-order valence-corrected chi connectivity index (χ2v) is 21.6. The zero-order valence-electron chi connectivity index (χ0n) is 39.6. The first-order valence-corrected chi connectivity index (χ1v) is 25.3. The van der Waals surface area contributed by atoms with E-state index in [9.17, 15) is 38.7 Å². The van der Waals surface area contributed by atoms with Crippen LogP contribution >= 0.6 is 33.2 Å². The number of halogens is 1. The van der Waals surface area contributed by atoms with Crippen molar-refractivity contribution >= 4 is 80.5 Å². The largest absolute Gasteiger partial charge is 0.457 e. The van der Waals surface area contributed by atoms with Gasteiger partial charge in [0.15, 0.2) is 0 Å². The molecule has 0 aliphatic carbocycles. The number of benzene rings is 1. The number of nitrogens with zero attached hydrogens (tertiary/aromatic N) is 3. The van der Waals surface area contributed by atoms with Crippen molar-refractivity contribution in [3.8, 4) is 0 Å². The van der Waals surface area contributed by atoms with Crippen LogP contribution in [0.4, 0.5) is 10.5 Å². The van der Waals surface area contributed by atoms with Crippen molar-refractivity contribution in [3.05, 3.63) is 52.1 Å². The zero-order chi connectivity index (χ0) is 48.8. The van der Waals surface area contributed by atoms with E-state index in [2.05, 4.69) is 19.2 Å². The van der Waals surface area contributed by atoms with Gasteiger partial charge in [-0.1, -0.05) is 90.8 Å². The number of hydrogen-bond donors (Lipinski definition) is 2. The second kappa shape index (κ2) is 22.3. The third kappa shape index (κ3) is 12.9. The lowest BCUT2D eigenvalue weighted by atomic mass is 9.82. The molecule has 3 saturated heterocycles. The van der Waals surface area contributed by atoms with Crippen LogP contribution < -0.4 is 10.2 Å². The van der Waals surface area contributed by atoms with Gasteiger partial charge in [0, 0.05) is 69.0 Å². The minimum absolute atomic E-state index is 0.0311. The minimum atomic E-state index is -1.63. The summed E-state index contributed by atoms with van der Waals surface area (Å²) in [5.41, 5.74) is 0.333. The molecule has 2 N–H and O–H groups in total. The standard InChI is InChI=1S/C47H65ClN4O12S2/c1-26(2)35(66-65-20-12-15-41(57)64-52-38(54)18-19-39(52)55)16-17-37(53)50(9)31(7)44(58)62-36-24-40(56)51(10)33-23-32(22-28(4)42(33)48)21-27(3)13-11-14-29(5)47(60)25-34(61-45(59)49-47)30(6)43-46(36,8)63-43/h11,13-14,22-23,26,29-31,34-36,43,60H,12,15-21,24-25H2,1-10H3,(H,49,59)/b14-11+,27-13+/t29-,30-,31+,34?,35?,36+,43+,46+,47+/m1/s1. The van der Waals surface area contributed by atoms with E-state index in [0.29, 0.717) is 40.8 Å². The second-order valence-electron chi connectivity index (χ2n) is 18.5. The molecule has 4 heterocycles. The molecule has 5 amide bonds. The lowest BCUT2D eigenvalue weighted by Crippen LogP contribution is -2.60. The van der Waals surface area contributed by atoms with E-state index in [-0.39, 0.29) is 55.6 Å². The molecule has 9 atom stereocenters. The maximum atomic E-state index is 14.3. The summed E-state index contributed by atoms with van der Waals surface area (Å²) in [4.78, 5) is 98.3. The van der Waals surface area contributed by atoms with Crippen molar-refractivity contribution in [2.75, 3.05) is 24.7 Å². The van der Waals surface area contributed by atoms with Gasteiger partial charge >= 0.3 is 18.0 Å². The summed E-state index contributed by atoms with van der Waals surface area (Å²) in [6.45, 7) is 14.9. The Morgan fingerprint density at radius 2 is 1.74 bits per heavy atom. The van der Waals surface area contributed by atoms with Gasteiger partial charge in [-0.2, -0.15) is 0 Å². The fourth-order valence-electron chi connectivity index (χ4n) is 8.31. The van der Waals surface area contributed by atoms with Crippen molar-refractivity contribution < 1.29 is 57.7 Å². The van der Waals surface area contributed by atoms with Crippen LogP contribution in [0.15, 0.2) is 35.9 Å². The van der Waals surface area contributed by atoms with Gasteiger partial charge < -0.3 is 34.0 Å². The van der Waals surface area contributed by atoms with E-state index in [1.807, 2.05) is 58.1 Å². The number of amides is 5. The number of anilines is 1. The first kappa shape index (κ1) is 52.9. The Morgan fingerprint density at radius 3 is 2.41 bits per heavy atom. The Hall–Kier alpha value is -4.10. The molecule has 19 heteroatoms. The topological polar surface area (TPSA) is 202 Å². The first-order chi connectivity index (χ1) is 30.9.